The second kappa shape index (κ2) is 9.38. The predicted octanol–water partition coefficient (Wildman–Crippen LogP) is 4.30. The number of rotatable bonds is 6. The van der Waals surface area contributed by atoms with Gasteiger partial charge in [-0.05, 0) is 73.6 Å². The summed E-state index contributed by atoms with van der Waals surface area (Å²) in [5, 5.41) is 10.9. The van der Waals surface area contributed by atoms with Crippen molar-refractivity contribution in [2.75, 3.05) is 0 Å². The topological polar surface area (TPSA) is 98.3 Å². The number of Topliss-reactive ketones (excluding diaryl/α,β-unsaturated/α-hetero) is 1. The number of aromatic nitrogens is 2. The molecule has 9 heteroatoms. The number of carbonyl (C=O) groups is 1. The average Bonchev–Trinajstić information content (AvgIpc) is 3.67. The highest BCUT2D eigenvalue weighted by Gasteiger charge is 2.52. The van der Waals surface area contributed by atoms with Crippen molar-refractivity contribution in [1.82, 2.24) is 9.97 Å². The van der Waals surface area contributed by atoms with Crippen LogP contribution < -0.4 is 5.73 Å². The van der Waals surface area contributed by atoms with Crippen LogP contribution in [0.1, 0.15) is 53.9 Å². The molecule has 1 saturated carbocycles. The second-order valence-electron chi connectivity index (χ2n) is 9.75. The van der Waals surface area contributed by atoms with E-state index >= 15 is 0 Å². The largest absolute Gasteiger partial charge is 0.386 e. The Morgan fingerprint density at radius 2 is 1.86 bits per heavy atom. The molecular formula is C27H26F3N3O3. The first-order valence-corrected chi connectivity index (χ1v) is 11.9. The van der Waals surface area contributed by atoms with Crippen LogP contribution in [0, 0.1) is 23.4 Å². The van der Waals surface area contributed by atoms with Crippen LogP contribution in [-0.4, -0.2) is 38.6 Å². The molecule has 1 saturated heterocycles. The highest BCUT2D eigenvalue weighted by molar-refractivity contribution is 5.96. The molecule has 0 bridgehead atoms. The zero-order valence-electron chi connectivity index (χ0n) is 19.6. The number of halogens is 3. The Bertz CT molecular complexity index is 1290. The van der Waals surface area contributed by atoms with Crippen LogP contribution in [0.25, 0.3) is 11.3 Å². The van der Waals surface area contributed by atoms with Crippen LogP contribution in [0.3, 0.4) is 0 Å². The number of ether oxygens (including phenoxy) is 1. The molecule has 2 aromatic heterocycles. The summed E-state index contributed by atoms with van der Waals surface area (Å²) in [5.74, 6) is -3.14. The normalized spacial score (nSPS) is 26.1. The van der Waals surface area contributed by atoms with E-state index in [4.69, 9.17) is 10.5 Å². The van der Waals surface area contributed by atoms with Crippen molar-refractivity contribution in [2.24, 2.45) is 11.7 Å². The lowest BCUT2D eigenvalue weighted by atomic mass is 9.80. The van der Waals surface area contributed by atoms with Crippen LogP contribution >= 0.6 is 0 Å². The Kier molecular flexibility index (Phi) is 6.40. The summed E-state index contributed by atoms with van der Waals surface area (Å²) < 4.78 is 49.3. The van der Waals surface area contributed by atoms with Gasteiger partial charge in [0, 0.05) is 24.9 Å². The van der Waals surface area contributed by atoms with E-state index in [2.05, 4.69) is 9.97 Å². The van der Waals surface area contributed by atoms with E-state index in [0.29, 0.717) is 12.0 Å². The molecule has 0 amide bonds. The number of pyridine rings is 2. The minimum Gasteiger partial charge on any atom is -0.386 e. The van der Waals surface area contributed by atoms with Crippen molar-refractivity contribution in [3.05, 3.63) is 83.1 Å². The molecule has 188 valence electrons. The monoisotopic (exact) mass is 497 g/mol. The van der Waals surface area contributed by atoms with Crippen LogP contribution in [-0.2, 0) is 11.2 Å². The third-order valence-electron chi connectivity index (χ3n) is 7.13. The molecule has 0 unspecified atom stereocenters. The molecule has 0 spiro atoms. The Labute approximate surface area is 206 Å². The zero-order valence-corrected chi connectivity index (χ0v) is 19.6. The van der Waals surface area contributed by atoms with E-state index in [-0.39, 0.29) is 18.0 Å². The predicted molar refractivity (Wildman–Crippen MR) is 125 cm³/mol. The van der Waals surface area contributed by atoms with Crippen molar-refractivity contribution in [3.63, 3.8) is 0 Å². The van der Waals surface area contributed by atoms with Crippen LogP contribution in [0.4, 0.5) is 13.2 Å². The van der Waals surface area contributed by atoms with E-state index in [1.807, 2.05) is 0 Å². The quantitative estimate of drug-likeness (QED) is 0.493. The summed E-state index contributed by atoms with van der Waals surface area (Å²) in [5.41, 5.74) is 5.13. The molecule has 4 atom stereocenters. The molecule has 3 aromatic rings. The molecule has 36 heavy (non-hydrogen) atoms. The van der Waals surface area contributed by atoms with Crippen LogP contribution in [0.15, 0.2) is 48.8 Å². The van der Waals surface area contributed by atoms with Gasteiger partial charge in [-0.3, -0.25) is 9.78 Å². The van der Waals surface area contributed by atoms with Gasteiger partial charge in [0.1, 0.15) is 34.4 Å². The first-order chi connectivity index (χ1) is 17.2. The van der Waals surface area contributed by atoms with Gasteiger partial charge in [-0.15, -0.1) is 0 Å². The number of carbonyl (C=O) groups excluding carboxylic acids is 1. The van der Waals surface area contributed by atoms with E-state index in [1.165, 1.54) is 6.07 Å². The minimum absolute atomic E-state index is 0.135. The Morgan fingerprint density at radius 1 is 1.14 bits per heavy atom. The van der Waals surface area contributed by atoms with E-state index in [1.54, 1.807) is 25.4 Å². The van der Waals surface area contributed by atoms with Crippen molar-refractivity contribution in [1.29, 1.82) is 0 Å². The molecular weight excluding hydrogens is 471 g/mol. The highest BCUT2D eigenvalue weighted by Crippen LogP contribution is 2.47. The van der Waals surface area contributed by atoms with Crippen molar-refractivity contribution >= 4 is 5.78 Å². The fraction of sp³-hybridized carbons (Fsp3) is 0.370. The molecule has 6 nitrogen and oxygen atoms in total. The van der Waals surface area contributed by atoms with E-state index in [9.17, 15) is 23.1 Å². The Morgan fingerprint density at radius 3 is 2.56 bits per heavy atom. The number of nitrogens with zero attached hydrogens (tertiary/aromatic N) is 2. The third-order valence-corrected chi connectivity index (χ3v) is 7.13. The summed E-state index contributed by atoms with van der Waals surface area (Å²) >= 11 is 0. The standard InChI is InChI=1S/C27H26F3N3O3/c1-27(35)23(31)12-22(36-26(27)14-5-6-14)16-9-10-32-13-15(16)11-21(34)20-8-7-19(30)25(33-20)24-17(28)3-2-4-18(24)29/h2-4,7-10,13-14,22-23,26,35H,5-6,11-12,31H2,1H3/t22-,23-,26-,27+/m1/s1. The maximum Gasteiger partial charge on any atom is 0.185 e. The number of aliphatic hydroxyl groups is 1. The summed E-state index contributed by atoms with van der Waals surface area (Å²) in [6, 6.07) is 6.55. The fourth-order valence-electron chi connectivity index (χ4n) is 4.90. The number of hydrogen-bond donors (Lipinski definition) is 2. The lowest BCUT2D eigenvalue weighted by Gasteiger charge is -2.45. The summed E-state index contributed by atoms with van der Waals surface area (Å²) in [6.07, 6.45) is 4.41. The summed E-state index contributed by atoms with van der Waals surface area (Å²) in [6.45, 7) is 1.70. The third kappa shape index (κ3) is 4.54. The van der Waals surface area contributed by atoms with Crippen molar-refractivity contribution in [3.8, 4) is 11.3 Å². The molecule has 3 heterocycles. The van der Waals surface area contributed by atoms with Crippen LogP contribution in [0.5, 0.6) is 0 Å². The van der Waals surface area contributed by atoms with Gasteiger partial charge < -0.3 is 15.6 Å². The van der Waals surface area contributed by atoms with E-state index < -0.39 is 58.3 Å². The molecule has 1 aromatic carbocycles. The lowest BCUT2D eigenvalue weighted by molar-refractivity contribution is -0.187. The molecule has 1 aliphatic carbocycles. The highest BCUT2D eigenvalue weighted by atomic mass is 19.1. The summed E-state index contributed by atoms with van der Waals surface area (Å²) in [4.78, 5) is 21.3. The minimum atomic E-state index is -1.16. The Balaban J connectivity index is 1.43. The Hall–Kier alpha value is -3.14. The van der Waals surface area contributed by atoms with Gasteiger partial charge in [0.2, 0.25) is 0 Å². The van der Waals surface area contributed by atoms with Gasteiger partial charge in [-0.25, -0.2) is 18.2 Å². The molecule has 3 N–H and O–H groups in total. The van der Waals surface area contributed by atoms with E-state index in [0.717, 1.165) is 42.7 Å². The van der Waals surface area contributed by atoms with Gasteiger partial charge in [-0.1, -0.05) is 6.07 Å². The number of ketones is 1. The number of nitrogens with two attached hydrogens (primary N) is 1. The van der Waals surface area contributed by atoms with Gasteiger partial charge in [-0.2, -0.15) is 0 Å². The molecule has 2 fully saturated rings. The van der Waals surface area contributed by atoms with Gasteiger partial charge in [0.25, 0.3) is 0 Å². The van der Waals surface area contributed by atoms with Gasteiger partial charge in [0.05, 0.1) is 17.8 Å². The average molecular weight is 498 g/mol. The maximum atomic E-state index is 14.5. The first-order valence-electron chi connectivity index (χ1n) is 11.9. The maximum absolute atomic E-state index is 14.5. The molecule has 1 aliphatic heterocycles. The fourth-order valence-corrected chi connectivity index (χ4v) is 4.90. The smallest absolute Gasteiger partial charge is 0.185 e. The molecule has 2 aliphatic rings. The SMILES string of the molecule is C[C@]1(O)[C@H](N)C[C@H](c2ccncc2CC(=O)c2ccc(F)c(-c3c(F)cccc3F)n2)O[C@@H]1C1CC1. The lowest BCUT2D eigenvalue weighted by Crippen LogP contribution is -2.60. The van der Waals surface area contributed by atoms with Crippen molar-refractivity contribution in [2.45, 2.75) is 56.5 Å². The molecule has 0 radical (unpaired) electrons. The summed E-state index contributed by atoms with van der Waals surface area (Å²) in [7, 11) is 0. The van der Waals surface area contributed by atoms with Gasteiger partial charge in [0.15, 0.2) is 5.78 Å². The number of benzene rings is 1. The van der Waals surface area contributed by atoms with Crippen molar-refractivity contribution < 1.29 is 27.8 Å². The van der Waals surface area contributed by atoms with Gasteiger partial charge >= 0.3 is 0 Å². The molecule has 5 rings (SSSR count). The first kappa shape index (κ1) is 24.5. The second-order valence-corrected chi connectivity index (χ2v) is 9.75. The van der Waals surface area contributed by atoms with Crippen LogP contribution in [0.2, 0.25) is 0 Å². The zero-order chi connectivity index (χ0) is 25.6. The number of hydrogen-bond acceptors (Lipinski definition) is 6.